The largest absolute Gasteiger partial charge is 0.489 e. The number of rotatable bonds is 4. The van der Waals surface area contributed by atoms with E-state index in [4.69, 9.17) is 10.00 Å². The van der Waals surface area contributed by atoms with E-state index in [1.54, 1.807) is 18.5 Å². The average molecular weight is 297 g/mol. The van der Waals surface area contributed by atoms with Gasteiger partial charge in [0, 0.05) is 32.0 Å². The fourth-order valence-corrected chi connectivity index (χ4v) is 2.68. The molecular weight excluding hydrogens is 281 g/mol. The number of pyridine rings is 1. The van der Waals surface area contributed by atoms with Crippen molar-refractivity contribution in [1.82, 2.24) is 9.88 Å². The molecule has 0 spiro atoms. The zero-order valence-electron chi connectivity index (χ0n) is 12.1. The van der Waals surface area contributed by atoms with E-state index in [0.717, 1.165) is 30.8 Å². The molecule has 1 aromatic heterocycles. The Morgan fingerprint density at radius 1 is 1.32 bits per heavy atom. The van der Waals surface area contributed by atoms with Crippen LogP contribution in [-0.2, 0) is 6.54 Å². The summed E-state index contributed by atoms with van der Waals surface area (Å²) in [5.41, 5.74) is 1.26. The number of hydrogen-bond donors (Lipinski definition) is 0. The lowest BCUT2D eigenvalue weighted by atomic mass is 10.1. The van der Waals surface area contributed by atoms with Crippen LogP contribution in [0, 0.1) is 17.1 Å². The van der Waals surface area contributed by atoms with Gasteiger partial charge in [-0.25, -0.2) is 4.39 Å². The van der Waals surface area contributed by atoms with E-state index in [1.165, 1.54) is 12.1 Å². The lowest BCUT2D eigenvalue weighted by molar-refractivity contribution is 0.198. The predicted octanol–water partition coefficient (Wildman–Crippen LogP) is 2.75. The molecule has 4 nitrogen and oxygen atoms in total. The molecule has 0 aliphatic carbocycles. The Kier molecular flexibility index (Phi) is 4.31. The maximum absolute atomic E-state index is 13.2. The minimum absolute atomic E-state index is 0.133. The Bertz CT molecular complexity index is 684. The fourth-order valence-electron chi connectivity index (χ4n) is 2.68. The van der Waals surface area contributed by atoms with Crippen molar-refractivity contribution in [1.29, 1.82) is 5.26 Å². The molecule has 1 aliphatic rings. The lowest BCUT2D eigenvalue weighted by Gasteiger charge is -2.17. The van der Waals surface area contributed by atoms with Crippen molar-refractivity contribution in [2.75, 3.05) is 13.1 Å². The Balaban J connectivity index is 1.61. The minimum Gasteiger partial charge on any atom is -0.489 e. The summed E-state index contributed by atoms with van der Waals surface area (Å²) in [6.45, 7) is 2.34. The summed E-state index contributed by atoms with van der Waals surface area (Å²) in [6.07, 6.45) is 4.48. The number of aromatic nitrogens is 1. The molecule has 112 valence electrons. The predicted molar refractivity (Wildman–Crippen MR) is 79.7 cm³/mol. The van der Waals surface area contributed by atoms with Crippen LogP contribution in [0.1, 0.15) is 17.5 Å². The number of likely N-dealkylation sites (tertiary alicyclic amines) is 1. The van der Waals surface area contributed by atoms with Crippen LogP contribution in [0.4, 0.5) is 4.39 Å². The van der Waals surface area contributed by atoms with Crippen molar-refractivity contribution < 1.29 is 9.13 Å². The van der Waals surface area contributed by atoms with Gasteiger partial charge < -0.3 is 4.74 Å². The van der Waals surface area contributed by atoms with E-state index in [2.05, 4.69) is 16.0 Å². The van der Waals surface area contributed by atoms with E-state index in [1.807, 2.05) is 12.1 Å². The van der Waals surface area contributed by atoms with Crippen LogP contribution < -0.4 is 4.74 Å². The van der Waals surface area contributed by atoms with Gasteiger partial charge >= 0.3 is 0 Å². The minimum atomic E-state index is -0.374. The third-order valence-corrected chi connectivity index (χ3v) is 3.77. The van der Waals surface area contributed by atoms with E-state index in [-0.39, 0.29) is 11.9 Å². The highest BCUT2D eigenvalue weighted by Gasteiger charge is 2.24. The molecule has 0 amide bonds. The summed E-state index contributed by atoms with van der Waals surface area (Å²) < 4.78 is 19.1. The molecule has 1 atom stereocenters. The zero-order chi connectivity index (χ0) is 15.4. The molecule has 0 bridgehead atoms. The summed E-state index contributed by atoms with van der Waals surface area (Å²) in [5, 5.41) is 9.10. The Morgan fingerprint density at radius 2 is 2.14 bits per heavy atom. The van der Waals surface area contributed by atoms with Crippen molar-refractivity contribution in [3.8, 4) is 11.8 Å². The number of nitriles is 1. The van der Waals surface area contributed by atoms with Gasteiger partial charge in [0.15, 0.2) is 0 Å². The summed E-state index contributed by atoms with van der Waals surface area (Å²) in [6, 6.07) is 10.1. The second kappa shape index (κ2) is 6.54. The molecule has 0 saturated carbocycles. The van der Waals surface area contributed by atoms with Gasteiger partial charge in [-0.15, -0.1) is 0 Å². The van der Waals surface area contributed by atoms with Crippen molar-refractivity contribution in [3.63, 3.8) is 0 Å². The van der Waals surface area contributed by atoms with Gasteiger partial charge in [0.1, 0.15) is 17.7 Å². The number of halogens is 1. The Labute approximate surface area is 128 Å². The second-order valence-electron chi connectivity index (χ2n) is 5.36. The monoisotopic (exact) mass is 297 g/mol. The third kappa shape index (κ3) is 3.41. The van der Waals surface area contributed by atoms with E-state index in [0.29, 0.717) is 12.1 Å². The molecule has 1 saturated heterocycles. The summed E-state index contributed by atoms with van der Waals surface area (Å²) in [5.74, 6) is 0.446. The number of nitrogens with zero attached hydrogens (tertiary/aromatic N) is 3. The van der Waals surface area contributed by atoms with Crippen molar-refractivity contribution >= 4 is 0 Å². The van der Waals surface area contributed by atoms with Crippen LogP contribution in [0.5, 0.6) is 5.75 Å². The first-order chi connectivity index (χ1) is 10.7. The van der Waals surface area contributed by atoms with E-state index < -0.39 is 0 Å². The highest BCUT2D eigenvalue weighted by molar-refractivity contribution is 5.37. The molecule has 0 radical (unpaired) electrons. The summed E-state index contributed by atoms with van der Waals surface area (Å²) in [4.78, 5) is 6.19. The van der Waals surface area contributed by atoms with Crippen molar-refractivity contribution in [2.45, 2.75) is 19.1 Å². The van der Waals surface area contributed by atoms with Gasteiger partial charge in [0.25, 0.3) is 0 Å². The number of ether oxygens (including phenoxy) is 1. The molecule has 1 fully saturated rings. The Morgan fingerprint density at radius 3 is 2.91 bits per heavy atom. The molecule has 2 heterocycles. The third-order valence-electron chi connectivity index (χ3n) is 3.77. The molecule has 5 heteroatoms. The van der Waals surface area contributed by atoms with Crippen LogP contribution in [0.15, 0.2) is 42.7 Å². The first-order valence-electron chi connectivity index (χ1n) is 7.22. The second-order valence-corrected chi connectivity index (χ2v) is 5.36. The van der Waals surface area contributed by atoms with E-state index in [9.17, 15) is 4.39 Å². The number of benzene rings is 1. The molecule has 3 rings (SSSR count). The summed E-state index contributed by atoms with van der Waals surface area (Å²) in [7, 11) is 0. The van der Waals surface area contributed by atoms with Crippen LogP contribution in [0.3, 0.4) is 0 Å². The van der Waals surface area contributed by atoms with Gasteiger partial charge in [0.05, 0.1) is 11.6 Å². The van der Waals surface area contributed by atoms with Gasteiger partial charge in [-0.05, 0) is 36.2 Å². The van der Waals surface area contributed by atoms with Gasteiger partial charge in [0.2, 0.25) is 0 Å². The standard InChI is InChI=1S/C17H16FN3O/c18-15-2-1-13(14(9-15)10-19)11-21-8-5-17(12-21)22-16-3-6-20-7-4-16/h1-4,6-7,9,17H,5,8,11-12H2. The van der Waals surface area contributed by atoms with Crippen LogP contribution in [-0.4, -0.2) is 29.1 Å². The van der Waals surface area contributed by atoms with Gasteiger partial charge in [-0.2, -0.15) is 5.26 Å². The normalized spacial score (nSPS) is 18.1. The highest BCUT2D eigenvalue weighted by atomic mass is 19.1. The van der Waals surface area contributed by atoms with E-state index >= 15 is 0 Å². The fraction of sp³-hybridized carbons (Fsp3) is 0.294. The quantitative estimate of drug-likeness (QED) is 0.870. The smallest absolute Gasteiger partial charge is 0.124 e. The maximum Gasteiger partial charge on any atom is 0.124 e. The van der Waals surface area contributed by atoms with Crippen molar-refractivity contribution in [2.24, 2.45) is 0 Å². The molecular formula is C17H16FN3O. The van der Waals surface area contributed by atoms with Gasteiger partial charge in [-0.3, -0.25) is 9.88 Å². The first-order valence-corrected chi connectivity index (χ1v) is 7.22. The molecule has 2 aromatic rings. The molecule has 0 N–H and O–H groups in total. The van der Waals surface area contributed by atoms with Crippen LogP contribution in [0.25, 0.3) is 0 Å². The Hall–Kier alpha value is -2.45. The average Bonchev–Trinajstić information content (AvgIpc) is 2.97. The van der Waals surface area contributed by atoms with Crippen LogP contribution >= 0.6 is 0 Å². The lowest BCUT2D eigenvalue weighted by Crippen LogP contribution is -2.24. The molecule has 1 unspecified atom stereocenters. The SMILES string of the molecule is N#Cc1cc(F)ccc1CN1CCC(Oc2ccncc2)C1. The number of hydrogen-bond acceptors (Lipinski definition) is 4. The topological polar surface area (TPSA) is 49.2 Å². The maximum atomic E-state index is 13.2. The first kappa shape index (κ1) is 14.5. The molecule has 22 heavy (non-hydrogen) atoms. The van der Waals surface area contributed by atoms with Crippen molar-refractivity contribution in [3.05, 3.63) is 59.7 Å². The van der Waals surface area contributed by atoms with Gasteiger partial charge in [-0.1, -0.05) is 6.07 Å². The molecule has 1 aromatic carbocycles. The highest BCUT2D eigenvalue weighted by Crippen LogP contribution is 2.20. The summed E-state index contributed by atoms with van der Waals surface area (Å²) >= 11 is 0. The van der Waals surface area contributed by atoms with Crippen LogP contribution in [0.2, 0.25) is 0 Å². The molecule has 1 aliphatic heterocycles. The zero-order valence-corrected chi connectivity index (χ0v) is 12.1.